The van der Waals surface area contributed by atoms with Crippen LogP contribution in [0.25, 0.3) is 11.1 Å². The molecule has 0 saturated heterocycles. The van der Waals surface area contributed by atoms with E-state index in [0.29, 0.717) is 11.1 Å². The molecule has 0 bridgehead atoms. The van der Waals surface area contributed by atoms with Crippen molar-refractivity contribution in [2.75, 3.05) is 0 Å². The first-order valence-electron chi connectivity index (χ1n) is 4.31. The van der Waals surface area contributed by atoms with Crippen molar-refractivity contribution in [1.82, 2.24) is 10.4 Å². The fourth-order valence-electron chi connectivity index (χ4n) is 1.31. The van der Waals surface area contributed by atoms with E-state index in [-0.39, 0.29) is 0 Å². The number of nitrogens with two attached hydrogens (primary N) is 2. The number of hydrazine groups is 1. The van der Waals surface area contributed by atoms with Crippen LogP contribution in [-0.2, 0) is 4.79 Å². The zero-order valence-electron chi connectivity index (χ0n) is 7.81. The Hall–Kier alpha value is -1.92. The molecule has 2 rings (SSSR count). The fraction of sp³-hybridized carbons (Fsp3) is 0.111. The molecule has 1 atom stereocenters. The van der Waals surface area contributed by atoms with E-state index in [1.807, 2.05) is 5.43 Å². The van der Waals surface area contributed by atoms with Gasteiger partial charge in [-0.3, -0.25) is 10.2 Å². The number of hydrogen-bond donors (Lipinski definition) is 3. The molecule has 5 N–H and O–H groups in total. The van der Waals surface area contributed by atoms with E-state index in [0.717, 1.165) is 5.52 Å². The molecule has 2 aromatic rings. The number of oxazole rings is 1. The summed E-state index contributed by atoms with van der Waals surface area (Å²) in [4.78, 5) is 15.1. The number of aromatic nitrogens is 1. The number of carbonyl (C=O) groups excluding carboxylic acids is 1. The lowest BCUT2D eigenvalue weighted by atomic mass is 10.1. The zero-order chi connectivity index (χ0) is 10.8. The lowest BCUT2D eigenvalue weighted by Gasteiger charge is -2.09. The smallest absolute Gasteiger partial charge is 0.255 e. The maximum Gasteiger partial charge on any atom is 0.255 e. The first-order chi connectivity index (χ1) is 7.22. The summed E-state index contributed by atoms with van der Waals surface area (Å²) >= 11 is 0. The minimum absolute atomic E-state index is 0.450. The van der Waals surface area contributed by atoms with Crippen LogP contribution >= 0.6 is 0 Å². The second-order valence-electron chi connectivity index (χ2n) is 3.07. The number of fused-ring (bicyclic) bond motifs is 1. The van der Waals surface area contributed by atoms with Gasteiger partial charge in [-0.05, 0) is 17.7 Å². The predicted octanol–water partition coefficient (Wildman–Crippen LogP) is -0.182. The Balaban J connectivity index is 2.39. The second kappa shape index (κ2) is 3.68. The molecule has 0 fully saturated rings. The quantitative estimate of drug-likeness (QED) is 0.359. The first kappa shape index (κ1) is 9.63. The van der Waals surface area contributed by atoms with Gasteiger partial charge in [-0.15, -0.1) is 0 Å². The molecule has 0 spiro atoms. The van der Waals surface area contributed by atoms with E-state index in [1.165, 1.54) is 6.39 Å². The summed E-state index contributed by atoms with van der Waals surface area (Å²) in [5, 5.41) is 0. The van der Waals surface area contributed by atoms with Gasteiger partial charge in [0.15, 0.2) is 12.0 Å². The molecule has 1 heterocycles. The maximum atomic E-state index is 11.2. The molecule has 1 aromatic carbocycles. The van der Waals surface area contributed by atoms with Gasteiger partial charge in [-0.25, -0.2) is 10.8 Å². The average Bonchev–Trinajstić information content (AvgIpc) is 2.73. The zero-order valence-corrected chi connectivity index (χ0v) is 7.81. The molecule has 0 saturated carbocycles. The lowest BCUT2D eigenvalue weighted by Crippen LogP contribution is -2.38. The molecule has 1 unspecified atom stereocenters. The highest BCUT2D eigenvalue weighted by Crippen LogP contribution is 2.18. The summed E-state index contributed by atoms with van der Waals surface area (Å²) in [6, 6.07) is 4.31. The number of carbonyl (C=O) groups is 1. The Morgan fingerprint density at radius 1 is 1.53 bits per heavy atom. The van der Waals surface area contributed by atoms with E-state index in [1.54, 1.807) is 18.2 Å². The molecule has 1 amide bonds. The third-order valence-corrected chi connectivity index (χ3v) is 2.14. The number of benzene rings is 1. The highest BCUT2D eigenvalue weighted by Gasteiger charge is 2.15. The van der Waals surface area contributed by atoms with Crippen LogP contribution < -0.4 is 17.0 Å². The molecule has 0 radical (unpaired) electrons. The predicted molar refractivity (Wildman–Crippen MR) is 53.3 cm³/mol. The minimum atomic E-state index is -0.801. The number of nitrogens with zero attached hydrogens (tertiary/aromatic N) is 1. The number of rotatable bonds is 2. The van der Waals surface area contributed by atoms with Gasteiger partial charge in [0.2, 0.25) is 0 Å². The van der Waals surface area contributed by atoms with Crippen LogP contribution in [0.1, 0.15) is 11.6 Å². The van der Waals surface area contributed by atoms with Crippen molar-refractivity contribution in [2.24, 2.45) is 11.6 Å². The van der Waals surface area contributed by atoms with Crippen LogP contribution in [0.4, 0.5) is 0 Å². The summed E-state index contributed by atoms with van der Waals surface area (Å²) in [5.74, 6) is 4.54. The Kier molecular flexibility index (Phi) is 2.36. The molecule has 0 aliphatic rings. The molecule has 78 valence electrons. The molecule has 1 aromatic heterocycles. The van der Waals surface area contributed by atoms with Crippen LogP contribution in [0.2, 0.25) is 0 Å². The van der Waals surface area contributed by atoms with Gasteiger partial charge in [-0.1, -0.05) is 6.07 Å². The largest absolute Gasteiger partial charge is 0.443 e. The standard InChI is InChI=1S/C9H10N4O2/c10-8(9(14)13-11)5-1-2-6-7(3-5)15-4-12-6/h1-4,8H,10-11H2,(H,13,14). The average molecular weight is 206 g/mol. The number of nitrogens with one attached hydrogen (secondary N) is 1. The van der Waals surface area contributed by atoms with E-state index < -0.39 is 11.9 Å². The number of amides is 1. The summed E-state index contributed by atoms with van der Waals surface area (Å²) in [6.45, 7) is 0. The molecule has 15 heavy (non-hydrogen) atoms. The fourth-order valence-corrected chi connectivity index (χ4v) is 1.31. The summed E-state index contributed by atoms with van der Waals surface area (Å²) in [5.41, 5.74) is 9.59. The van der Waals surface area contributed by atoms with Crippen molar-refractivity contribution in [3.8, 4) is 0 Å². The molecule has 6 nitrogen and oxygen atoms in total. The molecular formula is C9H10N4O2. The van der Waals surface area contributed by atoms with Crippen LogP contribution in [0.5, 0.6) is 0 Å². The summed E-state index contributed by atoms with van der Waals surface area (Å²) in [7, 11) is 0. The van der Waals surface area contributed by atoms with Crippen molar-refractivity contribution in [1.29, 1.82) is 0 Å². The Bertz CT molecular complexity index is 494. The van der Waals surface area contributed by atoms with Gasteiger partial charge in [0.05, 0.1) is 0 Å². The molecule has 0 aliphatic heterocycles. The maximum absolute atomic E-state index is 11.2. The third kappa shape index (κ3) is 1.67. The first-order valence-corrected chi connectivity index (χ1v) is 4.31. The van der Waals surface area contributed by atoms with E-state index in [9.17, 15) is 4.79 Å². The normalized spacial score (nSPS) is 12.7. The van der Waals surface area contributed by atoms with Gasteiger partial charge in [-0.2, -0.15) is 0 Å². The minimum Gasteiger partial charge on any atom is -0.443 e. The summed E-state index contributed by atoms with van der Waals surface area (Å²) < 4.78 is 5.09. The SMILES string of the molecule is NNC(=O)C(N)c1ccc2ncoc2c1. The van der Waals surface area contributed by atoms with Crippen molar-refractivity contribution >= 4 is 17.0 Å². The molecule has 6 heteroatoms. The monoisotopic (exact) mass is 206 g/mol. The van der Waals surface area contributed by atoms with Crippen molar-refractivity contribution in [3.63, 3.8) is 0 Å². The lowest BCUT2D eigenvalue weighted by molar-refractivity contribution is -0.122. The van der Waals surface area contributed by atoms with Crippen LogP contribution in [0, 0.1) is 0 Å². The van der Waals surface area contributed by atoms with E-state index >= 15 is 0 Å². The second-order valence-corrected chi connectivity index (χ2v) is 3.07. The Labute approximate surface area is 85.2 Å². The Morgan fingerprint density at radius 2 is 2.33 bits per heavy atom. The van der Waals surface area contributed by atoms with Gasteiger partial charge in [0, 0.05) is 0 Å². The third-order valence-electron chi connectivity index (χ3n) is 2.14. The van der Waals surface area contributed by atoms with Crippen molar-refractivity contribution in [2.45, 2.75) is 6.04 Å². The highest BCUT2D eigenvalue weighted by molar-refractivity contribution is 5.84. The topological polar surface area (TPSA) is 107 Å². The van der Waals surface area contributed by atoms with Crippen molar-refractivity contribution < 1.29 is 9.21 Å². The van der Waals surface area contributed by atoms with Crippen LogP contribution in [0.15, 0.2) is 29.0 Å². The molecule has 0 aliphatic carbocycles. The van der Waals surface area contributed by atoms with Gasteiger partial charge >= 0.3 is 0 Å². The van der Waals surface area contributed by atoms with E-state index in [4.69, 9.17) is 16.0 Å². The number of hydrogen-bond acceptors (Lipinski definition) is 5. The van der Waals surface area contributed by atoms with Gasteiger partial charge in [0.1, 0.15) is 11.6 Å². The van der Waals surface area contributed by atoms with E-state index in [2.05, 4.69) is 4.98 Å². The van der Waals surface area contributed by atoms with Crippen molar-refractivity contribution in [3.05, 3.63) is 30.2 Å². The highest BCUT2D eigenvalue weighted by atomic mass is 16.3. The Morgan fingerprint density at radius 3 is 3.07 bits per heavy atom. The summed E-state index contributed by atoms with van der Waals surface area (Å²) in [6.07, 6.45) is 1.34. The molecular weight excluding hydrogens is 196 g/mol. The van der Waals surface area contributed by atoms with Gasteiger partial charge < -0.3 is 10.2 Å². The van der Waals surface area contributed by atoms with Crippen LogP contribution in [0.3, 0.4) is 0 Å². The van der Waals surface area contributed by atoms with Crippen LogP contribution in [-0.4, -0.2) is 10.9 Å². The van der Waals surface area contributed by atoms with Gasteiger partial charge in [0.25, 0.3) is 5.91 Å².